The molecule has 1 heterocycles. The third kappa shape index (κ3) is 3.81. The summed E-state index contributed by atoms with van der Waals surface area (Å²) in [6, 6.07) is 0. The Morgan fingerprint density at radius 3 is 2.67 bits per heavy atom. The molecule has 0 bridgehead atoms. The monoisotopic (exact) mass is 287 g/mol. The summed E-state index contributed by atoms with van der Waals surface area (Å²) in [6.07, 6.45) is 1.08. The second-order valence-electron chi connectivity index (χ2n) is 3.86. The van der Waals surface area contributed by atoms with Gasteiger partial charge in [-0.25, -0.2) is 9.78 Å². The van der Waals surface area contributed by atoms with Crippen molar-refractivity contribution in [1.29, 1.82) is 0 Å². The highest BCUT2D eigenvalue weighted by molar-refractivity contribution is 7.99. The smallest absolute Gasteiger partial charge is 0.358 e. The summed E-state index contributed by atoms with van der Waals surface area (Å²) < 4.78 is 4.63. The zero-order valence-electron chi connectivity index (χ0n) is 11.0. The second kappa shape index (κ2) is 6.89. The Balaban J connectivity index is 2.89. The summed E-state index contributed by atoms with van der Waals surface area (Å²) in [5, 5.41) is 1.34. The topological polar surface area (TPSA) is 56.3 Å². The highest BCUT2D eigenvalue weighted by Gasteiger charge is 2.21. The van der Waals surface area contributed by atoms with Gasteiger partial charge in [-0.2, -0.15) is 11.8 Å². The maximum atomic E-state index is 11.5. The summed E-state index contributed by atoms with van der Waals surface area (Å²) in [5.74, 6) is 0.0284. The Hall–Kier alpha value is -0.880. The Labute approximate surface area is 115 Å². The molecule has 0 spiro atoms. The van der Waals surface area contributed by atoms with Crippen molar-refractivity contribution in [2.75, 3.05) is 7.11 Å². The third-order valence-electron chi connectivity index (χ3n) is 2.44. The molecule has 0 aliphatic heterocycles. The van der Waals surface area contributed by atoms with Crippen LogP contribution < -0.4 is 0 Å². The molecule has 0 aromatic carbocycles. The van der Waals surface area contributed by atoms with Gasteiger partial charge in [0, 0.05) is 17.9 Å². The SMILES string of the molecule is CCC(C)SCc1nc(C(=O)OC)c(C(C)=O)s1. The van der Waals surface area contributed by atoms with Crippen LogP contribution in [-0.4, -0.2) is 29.1 Å². The highest BCUT2D eigenvalue weighted by Crippen LogP contribution is 2.26. The molecular formula is C12H17NO3S2. The predicted octanol–water partition coefficient (Wildman–Crippen LogP) is 3.16. The molecule has 0 saturated heterocycles. The van der Waals surface area contributed by atoms with E-state index in [1.54, 1.807) is 11.8 Å². The second-order valence-corrected chi connectivity index (χ2v) is 6.37. The van der Waals surface area contributed by atoms with E-state index in [0.717, 1.165) is 17.2 Å². The number of aromatic nitrogens is 1. The van der Waals surface area contributed by atoms with E-state index in [9.17, 15) is 9.59 Å². The van der Waals surface area contributed by atoms with Gasteiger partial charge in [0.05, 0.1) is 7.11 Å². The summed E-state index contributed by atoms with van der Waals surface area (Å²) in [4.78, 5) is 27.6. The van der Waals surface area contributed by atoms with Gasteiger partial charge in [0.15, 0.2) is 11.5 Å². The Bertz CT molecular complexity index is 443. The molecule has 1 aromatic rings. The first-order chi connectivity index (χ1) is 8.49. The van der Waals surface area contributed by atoms with Crippen LogP contribution in [0, 0.1) is 0 Å². The molecule has 100 valence electrons. The van der Waals surface area contributed by atoms with Crippen molar-refractivity contribution in [3.8, 4) is 0 Å². The van der Waals surface area contributed by atoms with Crippen LogP contribution in [0.15, 0.2) is 0 Å². The first-order valence-corrected chi connectivity index (χ1v) is 7.56. The largest absolute Gasteiger partial charge is 0.464 e. The van der Waals surface area contributed by atoms with E-state index in [0.29, 0.717) is 10.1 Å². The van der Waals surface area contributed by atoms with E-state index in [2.05, 4.69) is 23.6 Å². The molecule has 0 fully saturated rings. The van der Waals surface area contributed by atoms with Gasteiger partial charge in [0.2, 0.25) is 0 Å². The number of ketones is 1. The molecule has 0 radical (unpaired) electrons. The van der Waals surface area contributed by atoms with Gasteiger partial charge in [-0.05, 0) is 6.42 Å². The van der Waals surface area contributed by atoms with Crippen molar-refractivity contribution < 1.29 is 14.3 Å². The number of thioether (sulfide) groups is 1. The molecule has 1 unspecified atom stereocenters. The van der Waals surface area contributed by atoms with Crippen molar-refractivity contribution in [2.24, 2.45) is 0 Å². The number of Topliss-reactive ketones (excluding diaryl/α,β-unsaturated/α-hetero) is 1. The van der Waals surface area contributed by atoms with E-state index in [1.165, 1.54) is 25.4 Å². The number of rotatable bonds is 6. The van der Waals surface area contributed by atoms with Crippen LogP contribution in [0.2, 0.25) is 0 Å². The number of hydrogen-bond acceptors (Lipinski definition) is 6. The third-order valence-corrected chi connectivity index (χ3v) is 5.12. The van der Waals surface area contributed by atoms with Crippen LogP contribution in [0.1, 0.15) is 52.4 Å². The van der Waals surface area contributed by atoms with Crippen LogP contribution in [0.3, 0.4) is 0 Å². The van der Waals surface area contributed by atoms with E-state index in [1.807, 2.05) is 0 Å². The quantitative estimate of drug-likeness (QED) is 0.594. The molecule has 0 saturated carbocycles. The molecule has 1 rings (SSSR count). The normalized spacial score (nSPS) is 12.2. The van der Waals surface area contributed by atoms with Crippen LogP contribution in [0.5, 0.6) is 0 Å². The molecule has 0 aliphatic rings. The van der Waals surface area contributed by atoms with Gasteiger partial charge in [0.1, 0.15) is 9.88 Å². The number of hydrogen-bond donors (Lipinski definition) is 0. The molecule has 0 N–H and O–H groups in total. The van der Waals surface area contributed by atoms with Gasteiger partial charge in [-0.15, -0.1) is 11.3 Å². The molecule has 4 nitrogen and oxygen atoms in total. The molecule has 0 amide bonds. The van der Waals surface area contributed by atoms with Gasteiger partial charge < -0.3 is 4.74 Å². The lowest BCUT2D eigenvalue weighted by molar-refractivity contribution is 0.0591. The molecule has 0 aliphatic carbocycles. The number of esters is 1. The van der Waals surface area contributed by atoms with Crippen molar-refractivity contribution in [3.63, 3.8) is 0 Å². The number of thiazole rings is 1. The fourth-order valence-electron chi connectivity index (χ4n) is 1.23. The van der Waals surface area contributed by atoms with Crippen molar-refractivity contribution >= 4 is 34.9 Å². The van der Waals surface area contributed by atoms with Gasteiger partial charge in [-0.1, -0.05) is 13.8 Å². The van der Waals surface area contributed by atoms with Crippen molar-refractivity contribution in [2.45, 2.75) is 38.2 Å². The fraction of sp³-hybridized carbons (Fsp3) is 0.583. The average Bonchev–Trinajstić information content (AvgIpc) is 2.79. The van der Waals surface area contributed by atoms with E-state index in [4.69, 9.17) is 0 Å². The summed E-state index contributed by atoms with van der Waals surface area (Å²) in [7, 11) is 1.29. The van der Waals surface area contributed by atoms with Gasteiger partial charge in [0.25, 0.3) is 0 Å². The maximum absolute atomic E-state index is 11.5. The number of carbonyl (C=O) groups is 2. The number of methoxy groups -OCH3 is 1. The fourth-order valence-corrected chi connectivity index (χ4v) is 3.14. The van der Waals surface area contributed by atoms with Crippen molar-refractivity contribution in [1.82, 2.24) is 4.98 Å². The zero-order valence-corrected chi connectivity index (χ0v) is 12.6. The minimum atomic E-state index is -0.545. The Morgan fingerprint density at radius 1 is 1.50 bits per heavy atom. The summed E-state index contributed by atoms with van der Waals surface area (Å²) >= 11 is 3.05. The number of carbonyl (C=O) groups excluding carboxylic acids is 2. The molecule has 6 heteroatoms. The lowest BCUT2D eigenvalue weighted by Gasteiger charge is -2.05. The van der Waals surface area contributed by atoms with Crippen LogP contribution in [0.4, 0.5) is 0 Å². The molecule has 1 aromatic heterocycles. The number of nitrogens with zero attached hydrogens (tertiary/aromatic N) is 1. The standard InChI is InChI=1S/C12H17NO3S2/c1-5-7(2)17-6-9-13-10(12(15)16-4)11(18-9)8(3)14/h7H,5-6H2,1-4H3. The maximum Gasteiger partial charge on any atom is 0.358 e. The lowest BCUT2D eigenvalue weighted by atomic mass is 10.3. The van der Waals surface area contributed by atoms with E-state index < -0.39 is 5.97 Å². The lowest BCUT2D eigenvalue weighted by Crippen LogP contribution is -2.07. The Kier molecular flexibility index (Phi) is 5.81. The first kappa shape index (κ1) is 15.2. The summed E-state index contributed by atoms with van der Waals surface area (Å²) in [6.45, 7) is 5.71. The van der Waals surface area contributed by atoms with Gasteiger partial charge >= 0.3 is 5.97 Å². The zero-order chi connectivity index (χ0) is 13.7. The van der Waals surface area contributed by atoms with Crippen LogP contribution in [-0.2, 0) is 10.5 Å². The van der Waals surface area contributed by atoms with E-state index in [-0.39, 0.29) is 11.5 Å². The van der Waals surface area contributed by atoms with Crippen LogP contribution >= 0.6 is 23.1 Å². The predicted molar refractivity (Wildman–Crippen MR) is 74.5 cm³/mol. The minimum Gasteiger partial charge on any atom is -0.464 e. The highest BCUT2D eigenvalue weighted by atomic mass is 32.2. The molecular weight excluding hydrogens is 270 g/mol. The van der Waals surface area contributed by atoms with Crippen molar-refractivity contribution in [3.05, 3.63) is 15.6 Å². The average molecular weight is 287 g/mol. The Morgan fingerprint density at radius 2 is 2.17 bits per heavy atom. The van der Waals surface area contributed by atoms with E-state index >= 15 is 0 Å². The summed E-state index contributed by atoms with van der Waals surface area (Å²) in [5.41, 5.74) is 0.148. The van der Waals surface area contributed by atoms with Gasteiger partial charge in [-0.3, -0.25) is 4.79 Å². The molecule has 1 atom stereocenters. The number of ether oxygens (including phenoxy) is 1. The first-order valence-electron chi connectivity index (χ1n) is 5.70. The van der Waals surface area contributed by atoms with Crippen LogP contribution in [0.25, 0.3) is 0 Å². The molecule has 18 heavy (non-hydrogen) atoms. The minimum absolute atomic E-state index is 0.146.